The fraction of sp³-hybridized carbons (Fsp3) is 0.300. The fourth-order valence-electron chi connectivity index (χ4n) is 1.18. The minimum Gasteiger partial charge on any atom is -0.525 e. The molecule has 0 N–H and O–H groups in total. The number of carbonyl (C=O) groups is 1. The zero-order valence-electron chi connectivity index (χ0n) is 8.61. The van der Waals surface area contributed by atoms with Crippen molar-refractivity contribution in [2.75, 3.05) is 0 Å². The summed E-state index contributed by atoms with van der Waals surface area (Å²) < 4.78 is 10.3. The van der Waals surface area contributed by atoms with Crippen LogP contribution in [-0.4, -0.2) is 13.1 Å². The molecule has 0 saturated heterocycles. The highest BCUT2D eigenvalue weighted by Gasteiger charge is 2.28. The van der Waals surface area contributed by atoms with E-state index in [1.807, 2.05) is 19.9 Å². The van der Waals surface area contributed by atoms with E-state index in [4.69, 9.17) is 9.31 Å². The zero-order valence-corrected chi connectivity index (χ0v) is 8.61. The monoisotopic (exact) mass is 192 g/mol. The lowest BCUT2D eigenvalue weighted by Gasteiger charge is -2.20. The molecule has 74 valence electrons. The van der Waals surface area contributed by atoms with Gasteiger partial charge in [0.2, 0.25) is 0 Å². The Morgan fingerprint density at radius 3 is 2.36 bits per heavy atom. The third kappa shape index (κ3) is 2.28. The molecule has 0 radical (unpaired) electrons. The Labute approximate surface area is 84.2 Å². The van der Waals surface area contributed by atoms with E-state index >= 15 is 0 Å². The molecule has 1 aliphatic rings. The molecule has 0 amide bonds. The maximum absolute atomic E-state index is 11.4. The molecule has 1 aliphatic heterocycles. The van der Waals surface area contributed by atoms with Gasteiger partial charge in [0, 0.05) is 0 Å². The van der Waals surface area contributed by atoms with Crippen LogP contribution in [0.3, 0.4) is 0 Å². The molecule has 4 heteroatoms. The van der Waals surface area contributed by atoms with Gasteiger partial charge in [-0.3, -0.25) is 0 Å². The van der Waals surface area contributed by atoms with Gasteiger partial charge in [0.25, 0.3) is 0 Å². The van der Waals surface area contributed by atoms with Crippen molar-refractivity contribution in [2.45, 2.75) is 20.7 Å². The summed E-state index contributed by atoms with van der Waals surface area (Å²) in [4.78, 5) is 11.4. The van der Waals surface area contributed by atoms with Crippen molar-refractivity contribution < 1.29 is 14.1 Å². The van der Waals surface area contributed by atoms with E-state index in [1.165, 1.54) is 0 Å². The van der Waals surface area contributed by atoms with Gasteiger partial charge in [0.05, 0.1) is 5.57 Å². The van der Waals surface area contributed by atoms with Crippen LogP contribution in [0.2, 0.25) is 6.82 Å². The largest absolute Gasteiger partial charge is 0.593 e. The third-order valence-electron chi connectivity index (χ3n) is 1.70. The molecule has 14 heavy (non-hydrogen) atoms. The summed E-state index contributed by atoms with van der Waals surface area (Å²) in [5, 5.41) is 0. The molecule has 0 saturated carbocycles. The Balaban J connectivity index is 3.07. The molecule has 0 bridgehead atoms. The highest BCUT2D eigenvalue weighted by molar-refractivity contribution is 6.47. The van der Waals surface area contributed by atoms with E-state index in [9.17, 15) is 4.79 Å². The summed E-state index contributed by atoms with van der Waals surface area (Å²) in [5.41, 5.74) is 0.462. The Kier molecular flexibility index (Phi) is 3.57. The van der Waals surface area contributed by atoms with Gasteiger partial charge in [-0.25, -0.2) is 4.79 Å². The van der Waals surface area contributed by atoms with Gasteiger partial charge in [-0.1, -0.05) is 12.2 Å². The Bertz CT molecular complexity index is 315. The van der Waals surface area contributed by atoms with Crippen LogP contribution in [0.1, 0.15) is 13.8 Å². The number of hydrogen-bond acceptors (Lipinski definition) is 3. The Morgan fingerprint density at radius 1 is 1.14 bits per heavy atom. The molecule has 0 aromatic rings. The molecule has 0 aliphatic carbocycles. The smallest absolute Gasteiger partial charge is 0.525 e. The van der Waals surface area contributed by atoms with Gasteiger partial charge in [-0.05, 0) is 32.8 Å². The molecular formula is C10H13BO3. The first-order valence-corrected chi connectivity index (χ1v) is 4.56. The minimum absolute atomic E-state index is 0.338. The average Bonchev–Trinajstić information content (AvgIpc) is 2.11. The molecule has 0 fully saturated rings. The van der Waals surface area contributed by atoms with Gasteiger partial charge in [-0.15, -0.1) is 0 Å². The molecule has 3 nitrogen and oxygen atoms in total. The first kappa shape index (κ1) is 10.6. The number of hydrogen-bond donors (Lipinski definition) is 0. The normalized spacial score (nSPS) is 17.9. The molecule has 0 aromatic carbocycles. The first-order valence-electron chi connectivity index (χ1n) is 4.56. The summed E-state index contributed by atoms with van der Waals surface area (Å²) >= 11 is 0. The first-order chi connectivity index (χ1) is 6.69. The second-order valence-electron chi connectivity index (χ2n) is 2.87. The lowest BCUT2D eigenvalue weighted by atomic mass is 9.92. The summed E-state index contributed by atoms with van der Waals surface area (Å²) in [6, 6.07) is 0. The van der Waals surface area contributed by atoms with E-state index in [1.54, 1.807) is 25.1 Å². The average molecular weight is 192 g/mol. The van der Waals surface area contributed by atoms with E-state index in [2.05, 4.69) is 0 Å². The zero-order chi connectivity index (χ0) is 10.6. The molecule has 1 rings (SSSR count). The Hall–Kier alpha value is -1.45. The summed E-state index contributed by atoms with van der Waals surface area (Å²) in [7, 11) is -0.511. The van der Waals surface area contributed by atoms with Crippen LogP contribution in [0.25, 0.3) is 0 Å². The van der Waals surface area contributed by atoms with Crippen molar-refractivity contribution in [3.63, 3.8) is 0 Å². The maximum Gasteiger partial charge on any atom is 0.593 e. The minimum atomic E-state index is -0.511. The van der Waals surface area contributed by atoms with Crippen molar-refractivity contribution in [2.24, 2.45) is 0 Å². The van der Waals surface area contributed by atoms with Crippen molar-refractivity contribution in [3.05, 3.63) is 35.6 Å². The van der Waals surface area contributed by atoms with Crippen molar-refractivity contribution in [1.82, 2.24) is 0 Å². The molecule has 0 unspecified atom stereocenters. The molecule has 0 atom stereocenters. The van der Waals surface area contributed by atoms with Crippen molar-refractivity contribution in [3.8, 4) is 0 Å². The van der Waals surface area contributed by atoms with Crippen LogP contribution >= 0.6 is 0 Å². The number of rotatable bonds is 2. The molecule has 1 heterocycles. The van der Waals surface area contributed by atoms with Gasteiger partial charge in [0.1, 0.15) is 5.76 Å². The maximum atomic E-state index is 11.4. The van der Waals surface area contributed by atoms with Crippen LogP contribution in [0, 0.1) is 0 Å². The number of allylic oxidation sites excluding steroid dienone is 3. The van der Waals surface area contributed by atoms with Crippen LogP contribution in [0.5, 0.6) is 0 Å². The highest BCUT2D eigenvalue weighted by atomic mass is 16.6. The molecule has 0 aromatic heterocycles. The van der Waals surface area contributed by atoms with Crippen LogP contribution in [0.4, 0.5) is 0 Å². The summed E-state index contributed by atoms with van der Waals surface area (Å²) in [6.45, 7) is 5.40. The van der Waals surface area contributed by atoms with Gasteiger partial charge >= 0.3 is 13.1 Å². The van der Waals surface area contributed by atoms with Gasteiger partial charge < -0.3 is 9.31 Å². The number of carbonyl (C=O) groups excluding carboxylic acids is 1. The predicted molar refractivity (Wildman–Crippen MR) is 55.4 cm³/mol. The second kappa shape index (κ2) is 4.70. The van der Waals surface area contributed by atoms with Gasteiger partial charge in [0.15, 0.2) is 0 Å². The van der Waals surface area contributed by atoms with Crippen molar-refractivity contribution in [1.29, 1.82) is 0 Å². The standard InChI is InChI=1S/C10H13BO3/c1-4-6-8-9(7-5-2)13-11(3)14-10(8)12/h4-7H,1-3H3/b6-4-,7-5-. The Morgan fingerprint density at radius 2 is 1.79 bits per heavy atom. The van der Waals surface area contributed by atoms with E-state index in [0.29, 0.717) is 11.3 Å². The highest BCUT2D eigenvalue weighted by Crippen LogP contribution is 2.19. The van der Waals surface area contributed by atoms with E-state index in [0.717, 1.165) is 0 Å². The fourth-order valence-corrected chi connectivity index (χ4v) is 1.18. The lowest BCUT2D eigenvalue weighted by Crippen LogP contribution is -2.29. The summed E-state index contributed by atoms with van der Waals surface area (Å²) in [6.07, 6.45) is 7.04. The SMILES string of the molecule is C/C=C\C1=C(/C=C\C)C(=O)OB(C)O1. The van der Waals surface area contributed by atoms with Crippen LogP contribution in [-0.2, 0) is 14.1 Å². The predicted octanol–water partition coefficient (Wildman–Crippen LogP) is 2.08. The third-order valence-corrected chi connectivity index (χ3v) is 1.70. The lowest BCUT2D eigenvalue weighted by molar-refractivity contribution is -0.132. The van der Waals surface area contributed by atoms with E-state index in [-0.39, 0.29) is 5.97 Å². The molecule has 0 spiro atoms. The van der Waals surface area contributed by atoms with Crippen LogP contribution in [0.15, 0.2) is 35.6 Å². The second-order valence-corrected chi connectivity index (χ2v) is 2.87. The quantitative estimate of drug-likeness (QED) is 0.628. The molecular weight excluding hydrogens is 179 g/mol. The summed E-state index contributed by atoms with van der Waals surface area (Å²) in [5.74, 6) is 0.226. The topological polar surface area (TPSA) is 35.5 Å². The van der Waals surface area contributed by atoms with Crippen molar-refractivity contribution >= 4 is 13.1 Å². The van der Waals surface area contributed by atoms with Gasteiger partial charge in [-0.2, -0.15) is 0 Å². The van der Waals surface area contributed by atoms with Crippen LogP contribution < -0.4 is 0 Å². The van der Waals surface area contributed by atoms with E-state index < -0.39 is 7.12 Å².